The van der Waals surface area contributed by atoms with E-state index in [1.807, 2.05) is 30.5 Å². The van der Waals surface area contributed by atoms with Crippen LogP contribution in [0.25, 0.3) is 5.52 Å². The molecule has 3 atom stereocenters. The lowest BCUT2D eigenvalue weighted by Crippen LogP contribution is -2.26. The molecule has 2 N–H and O–H groups in total. The molecule has 39 heavy (non-hydrogen) atoms. The smallest absolute Gasteiger partial charge is 0.243 e. The number of rotatable bonds is 15. The first-order chi connectivity index (χ1) is 19.1. The minimum absolute atomic E-state index is 0.0891. The molecule has 5 rings (SSSR count). The van der Waals surface area contributed by atoms with Gasteiger partial charge in [-0.25, -0.2) is 4.52 Å². The van der Waals surface area contributed by atoms with Gasteiger partial charge in [0.2, 0.25) is 13.7 Å². The SMILES string of the molecule is CCOP(OCC)C(COCc1nn[nH]n1)OCC1CC[C@@H](c2ccc3c(NC4CCCC4)nc(Cl)nn23)O1. The van der Waals surface area contributed by atoms with E-state index in [1.54, 1.807) is 0 Å². The van der Waals surface area contributed by atoms with Gasteiger partial charge in [0.1, 0.15) is 24.1 Å². The van der Waals surface area contributed by atoms with Crippen LogP contribution in [0, 0.1) is 0 Å². The van der Waals surface area contributed by atoms with Gasteiger partial charge >= 0.3 is 0 Å². The van der Waals surface area contributed by atoms with Crippen molar-refractivity contribution in [3.05, 3.63) is 28.9 Å². The zero-order valence-electron chi connectivity index (χ0n) is 22.3. The lowest BCUT2D eigenvalue weighted by Gasteiger charge is -2.26. The van der Waals surface area contributed by atoms with Crippen molar-refractivity contribution in [1.82, 2.24) is 35.2 Å². The summed E-state index contributed by atoms with van der Waals surface area (Å²) < 4.78 is 32.1. The first-order valence-electron chi connectivity index (χ1n) is 13.6. The minimum Gasteiger partial charge on any atom is -0.370 e. The van der Waals surface area contributed by atoms with Crippen LogP contribution >= 0.6 is 20.0 Å². The van der Waals surface area contributed by atoms with Crippen molar-refractivity contribution in [3.8, 4) is 0 Å². The maximum atomic E-state index is 6.42. The van der Waals surface area contributed by atoms with E-state index in [2.05, 4.69) is 36.0 Å². The zero-order chi connectivity index (χ0) is 27.0. The number of ether oxygens (including phenoxy) is 3. The van der Waals surface area contributed by atoms with Gasteiger partial charge in [-0.1, -0.05) is 18.1 Å². The molecule has 0 radical (unpaired) electrons. The molecule has 0 aromatic carbocycles. The first kappa shape index (κ1) is 28.5. The van der Waals surface area contributed by atoms with Gasteiger partial charge < -0.3 is 28.6 Å². The second kappa shape index (κ2) is 14.1. The van der Waals surface area contributed by atoms with Gasteiger partial charge in [-0.2, -0.15) is 10.2 Å². The Hall–Kier alpha value is -1.99. The molecule has 0 spiro atoms. The number of anilines is 1. The number of nitrogens with zero attached hydrogens (tertiary/aromatic N) is 6. The second-order valence-corrected chi connectivity index (χ2v) is 11.5. The van der Waals surface area contributed by atoms with E-state index in [0.717, 1.165) is 42.7 Å². The molecule has 2 aliphatic rings. The molecular formula is C24H36ClN8O5P. The first-order valence-corrected chi connectivity index (χ1v) is 15.2. The third-order valence-corrected chi connectivity index (χ3v) is 8.70. The second-order valence-electron chi connectivity index (χ2n) is 9.49. The van der Waals surface area contributed by atoms with Crippen molar-refractivity contribution >= 4 is 31.3 Å². The number of tetrazole rings is 1. The molecule has 1 saturated carbocycles. The zero-order valence-corrected chi connectivity index (χ0v) is 23.9. The number of halogens is 1. The molecular weight excluding hydrogens is 547 g/mol. The topological polar surface area (TPSA) is 143 Å². The van der Waals surface area contributed by atoms with Gasteiger partial charge in [0.15, 0.2) is 11.6 Å². The van der Waals surface area contributed by atoms with E-state index < -0.39 is 8.38 Å². The van der Waals surface area contributed by atoms with Crippen LogP contribution in [0.1, 0.15) is 70.0 Å². The lowest BCUT2D eigenvalue weighted by molar-refractivity contribution is -0.0503. The molecule has 13 nitrogen and oxygen atoms in total. The highest BCUT2D eigenvalue weighted by atomic mass is 35.5. The minimum atomic E-state index is -1.31. The fraction of sp³-hybridized carbons (Fsp3) is 0.708. The Bertz CT molecular complexity index is 1160. The lowest BCUT2D eigenvalue weighted by atomic mass is 10.1. The van der Waals surface area contributed by atoms with Crippen LogP contribution in [0.3, 0.4) is 0 Å². The predicted molar refractivity (Wildman–Crippen MR) is 144 cm³/mol. The molecule has 4 heterocycles. The summed E-state index contributed by atoms with van der Waals surface area (Å²) in [5.41, 5.74) is 1.86. The molecule has 2 fully saturated rings. The summed E-state index contributed by atoms with van der Waals surface area (Å²) in [5, 5.41) is 22.1. The van der Waals surface area contributed by atoms with Crippen LogP contribution in [-0.4, -0.2) is 79.6 Å². The molecule has 3 aromatic heterocycles. The number of H-pyrrole nitrogens is 1. The van der Waals surface area contributed by atoms with Gasteiger partial charge in [-0.15, -0.1) is 15.3 Å². The van der Waals surface area contributed by atoms with Crippen LogP contribution in [0.4, 0.5) is 5.82 Å². The Kier molecular flexibility index (Phi) is 10.3. The third kappa shape index (κ3) is 7.40. The molecule has 214 valence electrons. The van der Waals surface area contributed by atoms with Gasteiger partial charge in [-0.3, -0.25) is 0 Å². The Morgan fingerprint density at radius 3 is 2.74 bits per heavy atom. The van der Waals surface area contributed by atoms with E-state index in [-0.39, 0.29) is 36.6 Å². The highest BCUT2D eigenvalue weighted by Gasteiger charge is 2.32. The summed E-state index contributed by atoms with van der Waals surface area (Å²) in [4.78, 5) is 4.47. The summed E-state index contributed by atoms with van der Waals surface area (Å²) in [6, 6.07) is 4.50. The maximum Gasteiger partial charge on any atom is 0.243 e. The van der Waals surface area contributed by atoms with Crippen molar-refractivity contribution in [1.29, 1.82) is 0 Å². The highest BCUT2D eigenvalue weighted by Crippen LogP contribution is 2.45. The predicted octanol–water partition coefficient (Wildman–Crippen LogP) is 4.41. The molecule has 0 amide bonds. The maximum absolute atomic E-state index is 6.42. The third-order valence-electron chi connectivity index (χ3n) is 6.75. The molecule has 3 aromatic rings. The molecule has 1 aliphatic heterocycles. The Morgan fingerprint density at radius 2 is 2.00 bits per heavy atom. The molecule has 1 saturated heterocycles. The largest absolute Gasteiger partial charge is 0.370 e. The van der Waals surface area contributed by atoms with Gasteiger partial charge in [0.05, 0.1) is 38.2 Å². The number of hydrogen-bond acceptors (Lipinski definition) is 11. The number of aromatic amines is 1. The highest BCUT2D eigenvalue weighted by molar-refractivity contribution is 7.47. The molecule has 0 bridgehead atoms. The fourth-order valence-corrected chi connectivity index (χ4v) is 6.50. The van der Waals surface area contributed by atoms with Crippen LogP contribution in [0.2, 0.25) is 5.28 Å². The van der Waals surface area contributed by atoms with Gasteiger partial charge in [0.25, 0.3) is 0 Å². The van der Waals surface area contributed by atoms with E-state index in [1.165, 1.54) is 12.8 Å². The number of hydrogen-bond donors (Lipinski definition) is 2. The molecule has 1 aliphatic carbocycles. The van der Waals surface area contributed by atoms with Gasteiger partial charge in [0, 0.05) is 6.04 Å². The van der Waals surface area contributed by atoms with Crippen LogP contribution in [0.15, 0.2) is 12.1 Å². The number of aromatic nitrogens is 7. The van der Waals surface area contributed by atoms with Crippen LogP contribution < -0.4 is 5.32 Å². The Balaban J connectivity index is 1.21. The molecule has 15 heteroatoms. The normalized spacial score (nSPS) is 20.9. The van der Waals surface area contributed by atoms with E-state index in [0.29, 0.717) is 31.7 Å². The summed E-state index contributed by atoms with van der Waals surface area (Å²) in [7, 11) is -1.31. The summed E-state index contributed by atoms with van der Waals surface area (Å²) >= 11 is 6.32. The number of nitrogens with one attached hydrogen (secondary N) is 2. The van der Waals surface area contributed by atoms with E-state index in [4.69, 9.17) is 34.9 Å². The van der Waals surface area contributed by atoms with Crippen LogP contribution in [0.5, 0.6) is 0 Å². The van der Waals surface area contributed by atoms with Crippen molar-refractivity contribution < 1.29 is 23.3 Å². The summed E-state index contributed by atoms with van der Waals surface area (Å²) in [6.07, 6.45) is 6.25. The molecule has 2 unspecified atom stereocenters. The van der Waals surface area contributed by atoms with Crippen molar-refractivity contribution in [2.45, 2.75) is 83.1 Å². The van der Waals surface area contributed by atoms with Crippen molar-refractivity contribution in [2.24, 2.45) is 0 Å². The Labute approximate surface area is 233 Å². The standard InChI is InChI=1S/C24H36ClN8O5P/c1-3-36-39(37-4-2)22(15-34-14-21-28-31-32-29-21)35-13-17-9-12-20(38-17)18-10-11-19-23(26-16-7-5-6-8-16)27-24(25)30-33(18)19/h10-11,16-17,20,22H,3-9,12-15H2,1-2H3,(H,26,27,30)(H,28,29,31,32)/t17?,20-,22?/m0/s1. The average molecular weight is 583 g/mol. The summed E-state index contributed by atoms with van der Waals surface area (Å²) in [6.45, 7) is 5.77. The van der Waals surface area contributed by atoms with E-state index in [9.17, 15) is 0 Å². The van der Waals surface area contributed by atoms with Gasteiger partial charge in [-0.05, 0) is 63.3 Å². The number of fused-ring (bicyclic) bond motifs is 1. The van der Waals surface area contributed by atoms with E-state index >= 15 is 0 Å². The fourth-order valence-electron chi connectivity index (χ4n) is 4.99. The van der Waals surface area contributed by atoms with Crippen molar-refractivity contribution in [3.63, 3.8) is 0 Å². The van der Waals surface area contributed by atoms with Crippen LogP contribution in [-0.2, 0) is 29.9 Å². The average Bonchev–Trinajstić information content (AvgIpc) is 3.74. The monoisotopic (exact) mass is 582 g/mol. The van der Waals surface area contributed by atoms with Crippen molar-refractivity contribution in [2.75, 3.05) is 31.7 Å². The Morgan fingerprint density at radius 1 is 1.18 bits per heavy atom. The summed E-state index contributed by atoms with van der Waals surface area (Å²) in [5.74, 6) is 0.854. The quantitative estimate of drug-likeness (QED) is 0.246.